The summed E-state index contributed by atoms with van der Waals surface area (Å²) in [6.45, 7) is 6.86. The molecule has 1 fully saturated rings. The van der Waals surface area contributed by atoms with Crippen molar-refractivity contribution in [2.24, 2.45) is 4.99 Å². The molecule has 96 valence electrons. The zero-order valence-corrected chi connectivity index (χ0v) is 11.1. The number of guanidine groups is 1. The molecule has 2 rings (SSSR count). The molecule has 4 heteroatoms. The Kier molecular flexibility index (Phi) is 3.65. The molecule has 1 heterocycles. The molecule has 1 atom stereocenters. The summed E-state index contributed by atoms with van der Waals surface area (Å²) in [5.74, 6) is 0.556. The van der Waals surface area contributed by atoms with Gasteiger partial charge in [0.2, 0.25) is 0 Å². The number of carbonyl (C=O) groups is 1. The third kappa shape index (κ3) is 2.70. The smallest absolute Gasteiger partial charge is 0.253 e. The maximum atomic E-state index is 11.9. The Morgan fingerprint density at radius 3 is 2.50 bits per heavy atom. The monoisotopic (exact) mass is 245 g/mol. The van der Waals surface area contributed by atoms with E-state index in [9.17, 15) is 4.79 Å². The van der Waals surface area contributed by atoms with Crippen LogP contribution in [-0.2, 0) is 4.79 Å². The van der Waals surface area contributed by atoms with E-state index in [1.54, 1.807) is 0 Å². The molecule has 1 unspecified atom stereocenters. The lowest BCUT2D eigenvalue weighted by atomic mass is 10.0. The van der Waals surface area contributed by atoms with E-state index in [0.29, 0.717) is 5.96 Å². The minimum atomic E-state index is -0.320. The molecular formula is C14H19N3O. The summed E-state index contributed by atoms with van der Waals surface area (Å²) in [5.41, 5.74) is 3.32. The lowest BCUT2D eigenvalue weighted by Gasteiger charge is -2.10. The van der Waals surface area contributed by atoms with Crippen molar-refractivity contribution in [2.45, 2.75) is 33.2 Å². The minimum absolute atomic E-state index is 0.0325. The molecule has 0 bridgehead atoms. The highest BCUT2D eigenvalue weighted by molar-refractivity contribution is 6.06. The Bertz CT molecular complexity index is 474. The van der Waals surface area contributed by atoms with Crippen LogP contribution in [0.2, 0.25) is 0 Å². The molecule has 18 heavy (non-hydrogen) atoms. The summed E-state index contributed by atoms with van der Waals surface area (Å²) in [5, 5.41) is 5.91. The summed E-state index contributed by atoms with van der Waals surface area (Å²) < 4.78 is 0. The average molecular weight is 245 g/mol. The first-order valence-corrected chi connectivity index (χ1v) is 6.30. The number of aliphatic imine (C=N–C) groups is 1. The van der Waals surface area contributed by atoms with Crippen molar-refractivity contribution in [2.75, 3.05) is 6.54 Å². The van der Waals surface area contributed by atoms with Crippen LogP contribution < -0.4 is 10.6 Å². The van der Waals surface area contributed by atoms with Crippen LogP contribution in [0.15, 0.2) is 23.2 Å². The second-order valence-corrected chi connectivity index (χ2v) is 4.72. The lowest BCUT2D eigenvalue weighted by molar-refractivity contribution is -0.120. The van der Waals surface area contributed by atoms with Gasteiger partial charge in [0.15, 0.2) is 5.96 Å². The standard InChI is InChI=1S/C14H19N3O/c1-4-5-15-14-16-12(13(18)17-14)11-7-9(2)6-10(3)8-11/h6-8,12H,4-5H2,1-3H3,(H2,15,16,17,18). The van der Waals surface area contributed by atoms with Crippen LogP contribution >= 0.6 is 0 Å². The van der Waals surface area contributed by atoms with Crippen molar-refractivity contribution in [3.63, 3.8) is 0 Å². The molecule has 2 N–H and O–H groups in total. The van der Waals surface area contributed by atoms with Crippen LogP contribution in [-0.4, -0.2) is 18.4 Å². The number of nitrogens with zero attached hydrogens (tertiary/aromatic N) is 1. The predicted molar refractivity (Wildman–Crippen MR) is 72.5 cm³/mol. The first-order chi connectivity index (χ1) is 8.60. The van der Waals surface area contributed by atoms with Crippen LogP contribution in [0.5, 0.6) is 0 Å². The van der Waals surface area contributed by atoms with E-state index in [-0.39, 0.29) is 11.9 Å². The predicted octanol–water partition coefficient (Wildman–Crippen LogP) is 1.83. The number of carbonyl (C=O) groups excluding carboxylic acids is 1. The minimum Gasteiger partial charge on any atom is -0.340 e. The molecule has 0 saturated carbocycles. The fourth-order valence-electron chi connectivity index (χ4n) is 2.15. The highest BCUT2D eigenvalue weighted by atomic mass is 16.2. The maximum absolute atomic E-state index is 11.9. The van der Waals surface area contributed by atoms with Gasteiger partial charge in [-0.05, 0) is 25.8 Å². The van der Waals surface area contributed by atoms with E-state index in [1.165, 1.54) is 11.1 Å². The van der Waals surface area contributed by atoms with Gasteiger partial charge in [-0.2, -0.15) is 0 Å². The third-order valence-corrected chi connectivity index (χ3v) is 2.86. The fraction of sp³-hybridized carbons (Fsp3) is 0.429. The van der Waals surface area contributed by atoms with E-state index in [2.05, 4.69) is 28.6 Å². The molecule has 0 spiro atoms. The first-order valence-electron chi connectivity index (χ1n) is 6.30. The highest BCUT2D eigenvalue weighted by Gasteiger charge is 2.29. The van der Waals surface area contributed by atoms with Gasteiger partial charge in [0.05, 0.1) is 0 Å². The topological polar surface area (TPSA) is 53.5 Å². The lowest BCUT2D eigenvalue weighted by Crippen LogP contribution is -2.25. The molecule has 1 aliphatic rings. The van der Waals surface area contributed by atoms with E-state index in [0.717, 1.165) is 18.5 Å². The number of amides is 1. The van der Waals surface area contributed by atoms with Gasteiger partial charge in [-0.15, -0.1) is 0 Å². The number of aryl methyl sites for hydroxylation is 2. The van der Waals surface area contributed by atoms with Gasteiger partial charge in [-0.3, -0.25) is 15.1 Å². The third-order valence-electron chi connectivity index (χ3n) is 2.86. The maximum Gasteiger partial charge on any atom is 0.253 e. The van der Waals surface area contributed by atoms with E-state index in [4.69, 9.17) is 0 Å². The van der Waals surface area contributed by atoms with Crippen LogP contribution in [0.25, 0.3) is 0 Å². The van der Waals surface area contributed by atoms with Crippen LogP contribution in [0.4, 0.5) is 0 Å². The molecule has 1 amide bonds. The SMILES string of the molecule is CCCN=C1NC(=O)C(c2cc(C)cc(C)c2)N1. The molecule has 1 aromatic rings. The van der Waals surface area contributed by atoms with Crippen molar-refractivity contribution < 1.29 is 4.79 Å². The van der Waals surface area contributed by atoms with Gasteiger partial charge in [0, 0.05) is 6.54 Å². The van der Waals surface area contributed by atoms with Gasteiger partial charge in [-0.25, -0.2) is 0 Å². The van der Waals surface area contributed by atoms with Crippen molar-refractivity contribution in [1.29, 1.82) is 0 Å². The summed E-state index contributed by atoms with van der Waals surface area (Å²) >= 11 is 0. The Morgan fingerprint density at radius 2 is 1.89 bits per heavy atom. The zero-order chi connectivity index (χ0) is 13.1. The summed E-state index contributed by atoms with van der Waals surface area (Å²) in [4.78, 5) is 16.2. The van der Waals surface area contributed by atoms with Crippen LogP contribution in [0.1, 0.15) is 36.1 Å². The normalized spacial score (nSPS) is 20.9. The Hall–Kier alpha value is -1.84. The van der Waals surface area contributed by atoms with Gasteiger partial charge in [-0.1, -0.05) is 36.2 Å². The average Bonchev–Trinajstić information content (AvgIpc) is 2.66. The van der Waals surface area contributed by atoms with E-state index in [1.807, 2.05) is 26.0 Å². The van der Waals surface area contributed by atoms with Crippen LogP contribution in [0, 0.1) is 13.8 Å². The van der Waals surface area contributed by atoms with Crippen molar-refractivity contribution in [1.82, 2.24) is 10.6 Å². The molecule has 0 radical (unpaired) electrons. The first kappa shape index (κ1) is 12.6. The fourth-order valence-corrected chi connectivity index (χ4v) is 2.15. The van der Waals surface area contributed by atoms with Crippen molar-refractivity contribution in [3.05, 3.63) is 34.9 Å². The second kappa shape index (κ2) is 5.21. The van der Waals surface area contributed by atoms with Gasteiger partial charge in [0.1, 0.15) is 6.04 Å². The number of benzene rings is 1. The van der Waals surface area contributed by atoms with Gasteiger partial charge >= 0.3 is 0 Å². The second-order valence-electron chi connectivity index (χ2n) is 4.72. The van der Waals surface area contributed by atoms with E-state index >= 15 is 0 Å². The Morgan fingerprint density at radius 1 is 1.22 bits per heavy atom. The van der Waals surface area contributed by atoms with E-state index < -0.39 is 0 Å². The van der Waals surface area contributed by atoms with Gasteiger partial charge < -0.3 is 5.32 Å². The Balaban J connectivity index is 2.21. The molecule has 0 aliphatic carbocycles. The number of hydrogen-bond donors (Lipinski definition) is 2. The molecule has 1 aromatic carbocycles. The zero-order valence-electron chi connectivity index (χ0n) is 11.1. The Labute approximate surface area is 108 Å². The highest BCUT2D eigenvalue weighted by Crippen LogP contribution is 2.19. The van der Waals surface area contributed by atoms with Crippen LogP contribution in [0.3, 0.4) is 0 Å². The quantitative estimate of drug-likeness (QED) is 0.853. The molecule has 1 saturated heterocycles. The molecule has 0 aromatic heterocycles. The number of hydrogen-bond acceptors (Lipinski definition) is 2. The molecule has 4 nitrogen and oxygen atoms in total. The number of nitrogens with one attached hydrogen (secondary N) is 2. The molecular weight excluding hydrogens is 226 g/mol. The number of rotatable bonds is 3. The van der Waals surface area contributed by atoms with Gasteiger partial charge in [0.25, 0.3) is 5.91 Å². The van der Waals surface area contributed by atoms with Crippen molar-refractivity contribution in [3.8, 4) is 0 Å². The summed E-state index contributed by atoms with van der Waals surface area (Å²) in [7, 11) is 0. The summed E-state index contributed by atoms with van der Waals surface area (Å²) in [6.07, 6.45) is 0.968. The molecule has 1 aliphatic heterocycles. The van der Waals surface area contributed by atoms with Crippen molar-refractivity contribution >= 4 is 11.9 Å². The largest absolute Gasteiger partial charge is 0.340 e. The summed E-state index contributed by atoms with van der Waals surface area (Å²) in [6, 6.07) is 5.85.